The first-order valence-corrected chi connectivity index (χ1v) is 6.71. The van der Waals surface area contributed by atoms with Gasteiger partial charge in [0, 0.05) is 17.1 Å². The zero-order valence-corrected chi connectivity index (χ0v) is 11.0. The average molecular weight is 341 g/mol. The predicted octanol–water partition coefficient (Wildman–Crippen LogP) is 1.46. The number of rotatable bonds is 1. The van der Waals surface area contributed by atoms with Crippen LogP contribution in [0, 0.1) is 0 Å². The third kappa shape index (κ3) is 1.61. The van der Waals surface area contributed by atoms with Gasteiger partial charge in [-0.15, -0.1) is 0 Å². The topological polar surface area (TPSA) is 60.9 Å². The SMILES string of the molecule is Nc1c(Br)c(=O)nc2n1C[C@@H](CBr)S2. The lowest BCUT2D eigenvalue weighted by Crippen LogP contribution is -2.18. The second-order valence-corrected chi connectivity index (χ2v) is 5.61. The van der Waals surface area contributed by atoms with Gasteiger partial charge in [-0.3, -0.25) is 4.79 Å². The number of halogens is 2. The van der Waals surface area contributed by atoms with Crippen LogP contribution in [0.1, 0.15) is 0 Å². The van der Waals surface area contributed by atoms with Crippen LogP contribution in [0.5, 0.6) is 0 Å². The molecule has 76 valence electrons. The highest BCUT2D eigenvalue weighted by molar-refractivity contribution is 9.10. The van der Waals surface area contributed by atoms with E-state index < -0.39 is 0 Å². The fraction of sp³-hybridized carbons (Fsp3) is 0.429. The number of thioether (sulfide) groups is 1. The minimum Gasteiger partial charge on any atom is -0.384 e. The molecule has 2 heterocycles. The summed E-state index contributed by atoms with van der Waals surface area (Å²) in [5, 5.41) is 1.98. The van der Waals surface area contributed by atoms with Crippen LogP contribution in [0.4, 0.5) is 5.82 Å². The van der Waals surface area contributed by atoms with Crippen molar-refractivity contribution < 1.29 is 0 Å². The van der Waals surface area contributed by atoms with Crippen molar-refractivity contribution in [2.24, 2.45) is 0 Å². The van der Waals surface area contributed by atoms with E-state index in [0.29, 0.717) is 20.7 Å². The molecule has 0 amide bonds. The summed E-state index contributed by atoms with van der Waals surface area (Å²) in [6.07, 6.45) is 0. The van der Waals surface area contributed by atoms with Crippen LogP contribution >= 0.6 is 43.6 Å². The van der Waals surface area contributed by atoms with Gasteiger partial charge in [0.1, 0.15) is 10.3 Å². The van der Waals surface area contributed by atoms with Crippen LogP contribution in [-0.4, -0.2) is 20.1 Å². The monoisotopic (exact) mass is 339 g/mol. The normalized spacial score (nSPS) is 19.7. The molecule has 0 aromatic carbocycles. The largest absolute Gasteiger partial charge is 0.384 e. The number of hydrogen-bond acceptors (Lipinski definition) is 4. The molecule has 7 heteroatoms. The molecule has 1 aromatic heterocycles. The lowest BCUT2D eigenvalue weighted by Gasteiger charge is -2.07. The lowest BCUT2D eigenvalue weighted by atomic mass is 10.4. The molecule has 0 saturated heterocycles. The maximum absolute atomic E-state index is 11.3. The van der Waals surface area contributed by atoms with Gasteiger partial charge >= 0.3 is 0 Å². The molecule has 0 saturated carbocycles. The number of aromatic nitrogens is 2. The predicted molar refractivity (Wildman–Crippen MR) is 64.0 cm³/mol. The average Bonchev–Trinajstić information content (AvgIpc) is 2.57. The number of nitrogens with two attached hydrogens (primary N) is 1. The zero-order valence-electron chi connectivity index (χ0n) is 7.04. The number of nitrogen functional groups attached to an aromatic ring is 1. The van der Waals surface area contributed by atoms with Crippen molar-refractivity contribution in [2.75, 3.05) is 11.1 Å². The summed E-state index contributed by atoms with van der Waals surface area (Å²) in [4.78, 5) is 15.3. The standard InChI is InChI=1S/C7H7Br2N3OS/c8-1-3-2-12-5(10)4(9)6(13)11-7(12)14-3/h3H,1-2,10H2/t3-/m1/s1. The molecule has 14 heavy (non-hydrogen) atoms. The van der Waals surface area contributed by atoms with E-state index in [-0.39, 0.29) is 5.56 Å². The molecule has 1 aromatic rings. The Kier molecular flexibility index (Phi) is 2.90. The smallest absolute Gasteiger partial charge is 0.290 e. The van der Waals surface area contributed by atoms with Crippen molar-refractivity contribution >= 4 is 49.4 Å². The van der Waals surface area contributed by atoms with Crippen LogP contribution in [-0.2, 0) is 6.54 Å². The van der Waals surface area contributed by atoms with Crippen molar-refractivity contribution in [1.29, 1.82) is 0 Å². The van der Waals surface area contributed by atoms with E-state index in [9.17, 15) is 4.79 Å². The maximum atomic E-state index is 11.3. The number of anilines is 1. The first kappa shape index (κ1) is 10.5. The van der Waals surface area contributed by atoms with E-state index in [1.807, 2.05) is 4.57 Å². The summed E-state index contributed by atoms with van der Waals surface area (Å²) in [5.41, 5.74) is 5.50. The van der Waals surface area contributed by atoms with Gasteiger partial charge in [-0.05, 0) is 15.9 Å². The van der Waals surface area contributed by atoms with E-state index in [0.717, 1.165) is 11.9 Å². The molecule has 0 fully saturated rings. The summed E-state index contributed by atoms with van der Waals surface area (Å²) >= 11 is 8.11. The molecular formula is C7H7Br2N3OS. The van der Waals surface area contributed by atoms with E-state index >= 15 is 0 Å². The minimum atomic E-state index is -0.295. The van der Waals surface area contributed by atoms with Gasteiger partial charge in [0.15, 0.2) is 5.16 Å². The van der Waals surface area contributed by atoms with Crippen molar-refractivity contribution in [3.63, 3.8) is 0 Å². The van der Waals surface area contributed by atoms with Gasteiger partial charge in [-0.2, -0.15) is 4.98 Å². The van der Waals surface area contributed by atoms with Gasteiger partial charge in [0.2, 0.25) is 0 Å². The molecule has 1 aliphatic rings. The van der Waals surface area contributed by atoms with Crippen LogP contribution in [0.2, 0.25) is 0 Å². The number of alkyl halides is 1. The van der Waals surface area contributed by atoms with Gasteiger partial charge in [-0.25, -0.2) is 0 Å². The van der Waals surface area contributed by atoms with Gasteiger partial charge in [0.05, 0.1) is 0 Å². The third-order valence-corrected chi connectivity index (χ3v) is 5.09. The lowest BCUT2D eigenvalue weighted by molar-refractivity contribution is 0.647. The Labute approximate surface area is 102 Å². The summed E-state index contributed by atoms with van der Waals surface area (Å²) in [6, 6.07) is 0. The summed E-state index contributed by atoms with van der Waals surface area (Å²) in [7, 11) is 0. The molecule has 0 radical (unpaired) electrons. The maximum Gasteiger partial charge on any atom is 0.290 e. The van der Waals surface area contributed by atoms with E-state index in [4.69, 9.17) is 5.73 Å². The second kappa shape index (κ2) is 3.86. The van der Waals surface area contributed by atoms with E-state index in [2.05, 4.69) is 36.8 Å². The van der Waals surface area contributed by atoms with E-state index in [1.165, 1.54) is 0 Å². The number of hydrogen-bond donors (Lipinski definition) is 1. The molecule has 2 rings (SSSR count). The number of nitrogens with zero attached hydrogens (tertiary/aromatic N) is 2. The Morgan fingerprint density at radius 3 is 3.07 bits per heavy atom. The Balaban J connectivity index is 2.53. The van der Waals surface area contributed by atoms with Crippen LogP contribution < -0.4 is 11.3 Å². The highest BCUT2D eigenvalue weighted by Crippen LogP contribution is 2.33. The molecule has 1 atom stereocenters. The Morgan fingerprint density at radius 1 is 1.71 bits per heavy atom. The van der Waals surface area contributed by atoms with Crippen LogP contribution in [0.3, 0.4) is 0 Å². The summed E-state index contributed by atoms with van der Waals surface area (Å²) < 4.78 is 2.22. The summed E-state index contributed by atoms with van der Waals surface area (Å²) in [5.74, 6) is 0.468. The summed E-state index contributed by atoms with van der Waals surface area (Å²) in [6.45, 7) is 0.795. The molecule has 0 bridgehead atoms. The third-order valence-electron chi connectivity index (χ3n) is 1.96. The minimum absolute atomic E-state index is 0.295. The molecule has 0 spiro atoms. The molecule has 1 aliphatic heterocycles. The van der Waals surface area contributed by atoms with Gasteiger partial charge < -0.3 is 10.3 Å². The van der Waals surface area contributed by atoms with Gasteiger partial charge in [-0.1, -0.05) is 27.7 Å². The van der Waals surface area contributed by atoms with Crippen molar-refractivity contribution in [3.8, 4) is 0 Å². The van der Waals surface area contributed by atoms with Crippen molar-refractivity contribution in [3.05, 3.63) is 14.8 Å². The molecule has 2 N–H and O–H groups in total. The molecule has 4 nitrogen and oxygen atoms in total. The first-order chi connectivity index (χ1) is 6.63. The second-order valence-electron chi connectivity index (χ2n) is 2.90. The Bertz CT molecular complexity index is 434. The highest BCUT2D eigenvalue weighted by atomic mass is 79.9. The van der Waals surface area contributed by atoms with Crippen LogP contribution in [0.15, 0.2) is 14.4 Å². The van der Waals surface area contributed by atoms with Gasteiger partial charge in [0.25, 0.3) is 5.56 Å². The fourth-order valence-corrected chi connectivity index (χ4v) is 3.19. The first-order valence-electron chi connectivity index (χ1n) is 3.92. The molecule has 0 aliphatic carbocycles. The highest BCUT2D eigenvalue weighted by Gasteiger charge is 2.25. The molecular weight excluding hydrogens is 334 g/mol. The Hall–Kier alpha value is -0.0100. The quantitative estimate of drug-likeness (QED) is 0.621. The van der Waals surface area contributed by atoms with Crippen molar-refractivity contribution in [2.45, 2.75) is 17.0 Å². The fourth-order valence-electron chi connectivity index (χ4n) is 1.26. The molecule has 0 unspecified atom stereocenters. The number of fused-ring (bicyclic) bond motifs is 1. The van der Waals surface area contributed by atoms with Crippen LogP contribution in [0.25, 0.3) is 0 Å². The van der Waals surface area contributed by atoms with Crippen molar-refractivity contribution in [1.82, 2.24) is 9.55 Å². The Morgan fingerprint density at radius 2 is 2.43 bits per heavy atom. The zero-order chi connectivity index (χ0) is 10.3. The van der Waals surface area contributed by atoms with E-state index in [1.54, 1.807) is 11.8 Å².